The minimum Gasteiger partial charge on any atom is -0.465 e. The van der Waals surface area contributed by atoms with E-state index in [0.29, 0.717) is 5.56 Å². The van der Waals surface area contributed by atoms with Gasteiger partial charge in [-0.2, -0.15) is 0 Å². The molecule has 5 nitrogen and oxygen atoms in total. The van der Waals surface area contributed by atoms with Crippen LogP contribution in [-0.2, 0) is 21.3 Å². The fraction of sp³-hybridized carbons (Fsp3) is 0.556. The molecule has 2 aliphatic carbocycles. The molecule has 1 N–H and O–H groups in total. The molecule has 0 radical (unpaired) electrons. The van der Waals surface area contributed by atoms with E-state index in [2.05, 4.69) is 5.32 Å². The number of hydrogen-bond donors (Lipinski definition) is 1. The van der Waals surface area contributed by atoms with E-state index in [-0.39, 0.29) is 23.5 Å². The van der Waals surface area contributed by atoms with Crippen LogP contribution in [0.5, 0.6) is 0 Å². The Hall–Kier alpha value is -2.04. The first-order valence-corrected chi connectivity index (χ1v) is 7.96. The van der Waals surface area contributed by atoms with Crippen LogP contribution in [0.15, 0.2) is 18.2 Å². The van der Waals surface area contributed by atoms with Gasteiger partial charge < -0.3 is 14.8 Å². The summed E-state index contributed by atoms with van der Waals surface area (Å²) in [7, 11) is 1.39. The Labute approximate surface area is 136 Å². The fourth-order valence-electron chi connectivity index (χ4n) is 3.54. The van der Waals surface area contributed by atoms with Crippen molar-refractivity contribution in [3.63, 3.8) is 0 Å². The van der Waals surface area contributed by atoms with Gasteiger partial charge in [-0.3, -0.25) is 0 Å². The number of nitrogens with one attached hydrogen (secondary N) is 1. The normalized spacial score (nSPS) is 25.0. The fourth-order valence-corrected chi connectivity index (χ4v) is 3.54. The summed E-state index contributed by atoms with van der Waals surface area (Å²) in [4.78, 5) is 23.6. The number of esters is 1. The molecule has 1 aromatic rings. The van der Waals surface area contributed by atoms with Gasteiger partial charge in [0.1, 0.15) is 5.60 Å². The molecular weight excluding hydrogens is 294 g/mol. The summed E-state index contributed by atoms with van der Waals surface area (Å²) in [6.07, 6.45) is 2.48. The molecule has 2 atom stereocenters. The molecule has 0 heterocycles. The standard InChI is InChI=1S/C18H23NO4/c1-17(2,3)23-16(21)19-14-10-18(14)8-7-11-9-12(15(20)22-4)5-6-13(11)18/h5-6,9,14H,7-8,10H2,1-4H3,(H,19,21). The SMILES string of the molecule is COC(=O)c1ccc2c(c1)CCC21CC1NC(=O)OC(C)(C)C. The van der Waals surface area contributed by atoms with Crippen LogP contribution in [0.4, 0.5) is 4.79 Å². The average molecular weight is 317 g/mol. The molecule has 2 unspecified atom stereocenters. The lowest BCUT2D eigenvalue weighted by Gasteiger charge is -2.20. The molecule has 124 valence electrons. The smallest absolute Gasteiger partial charge is 0.407 e. The third kappa shape index (κ3) is 2.92. The van der Waals surface area contributed by atoms with E-state index in [1.54, 1.807) is 6.07 Å². The van der Waals surface area contributed by atoms with Crippen molar-refractivity contribution in [1.82, 2.24) is 5.32 Å². The Balaban J connectivity index is 1.72. The Bertz CT molecular complexity index is 661. The second kappa shape index (κ2) is 5.25. The molecule has 1 amide bonds. The lowest BCUT2D eigenvalue weighted by molar-refractivity contribution is 0.0518. The highest BCUT2D eigenvalue weighted by atomic mass is 16.6. The van der Waals surface area contributed by atoms with Crippen LogP contribution in [0.3, 0.4) is 0 Å². The molecule has 3 rings (SSSR count). The highest BCUT2D eigenvalue weighted by molar-refractivity contribution is 5.89. The molecule has 2 aliphatic rings. The number of rotatable bonds is 2. The minimum atomic E-state index is -0.491. The maximum absolute atomic E-state index is 11.9. The van der Waals surface area contributed by atoms with Gasteiger partial charge in [0.2, 0.25) is 0 Å². The van der Waals surface area contributed by atoms with E-state index in [1.807, 2.05) is 32.9 Å². The summed E-state index contributed by atoms with van der Waals surface area (Å²) in [5, 5.41) is 2.98. The predicted octanol–water partition coefficient (Wildman–Crippen LogP) is 2.95. The summed E-state index contributed by atoms with van der Waals surface area (Å²) < 4.78 is 10.1. The molecule has 1 aromatic carbocycles. The number of carbonyl (C=O) groups excluding carboxylic acids is 2. The number of alkyl carbamates (subject to hydrolysis) is 1. The quantitative estimate of drug-likeness (QED) is 0.852. The van der Waals surface area contributed by atoms with Gasteiger partial charge in [0.05, 0.1) is 12.7 Å². The molecule has 23 heavy (non-hydrogen) atoms. The van der Waals surface area contributed by atoms with E-state index >= 15 is 0 Å². The van der Waals surface area contributed by atoms with Crippen molar-refractivity contribution in [2.24, 2.45) is 0 Å². The van der Waals surface area contributed by atoms with Crippen molar-refractivity contribution in [2.45, 2.75) is 57.1 Å². The molecular formula is C18H23NO4. The van der Waals surface area contributed by atoms with Crippen LogP contribution in [0.25, 0.3) is 0 Å². The molecule has 1 saturated carbocycles. The van der Waals surface area contributed by atoms with E-state index < -0.39 is 5.60 Å². The summed E-state index contributed by atoms with van der Waals surface area (Å²) >= 11 is 0. The number of hydrogen-bond acceptors (Lipinski definition) is 4. The number of amides is 1. The molecule has 0 aliphatic heterocycles. The summed E-state index contributed by atoms with van der Waals surface area (Å²) in [5.74, 6) is -0.312. The van der Waals surface area contributed by atoms with Crippen LogP contribution in [0, 0.1) is 0 Å². The number of aryl methyl sites for hydroxylation is 1. The van der Waals surface area contributed by atoms with Gasteiger partial charge in [0.25, 0.3) is 0 Å². The second-order valence-corrected chi connectivity index (χ2v) is 7.42. The van der Waals surface area contributed by atoms with E-state index in [4.69, 9.17) is 9.47 Å². The number of ether oxygens (including phenoxy) is 2. The number of fused-ring (bicyclic) bond motifs is 2. The van der Waals surface area contributed by atoms with Crippen LogP contribution >= 0.6 is 0 Å². The van der Waals surface area contributed by atoms with Crippen molar-refractivity contribution in [3.05, 3.63) is 34.9 Å². The molecule has 0 aromatic heterocycles. The van der Waals surface area contributed by atoms with E-state index in [0.717, 1.165) is 19.3 Å². The summed E-state index contributed by atoms with van der Waals surface area (Å²) in [5.41, 5.74) is 2.53. The first-order chi connectivity index (χ1) is 10.7. The van der Waals surface area contributed by atoms with Gasteiger partial charge in [-0.05, 0) is 63.3 Å². The van der Waals surface area contributed by atoms with E-state index in [1.165, 1.54) is 18.2 Å². The van der Waals surface area contributed by atoms with Crippen molar-refractivity contribution in [3.8, 4) is 0 Å². The molecule has 0 saturated heterocycles. The van der Waals surface area contributed by atoms with Gasteiger partial charge in [-0.15, -0.1) is 0 Å². The lowest BCUT2D eigenvalue weighted by Crippen LogP contribution is -2.36. The van der Waals surface area contributed by atoms with Gasteiger partial charge in [0, 0.05) is 11.5 Å². The molecule has 0 bridgehead atoms. The first kappa shape index (κ1) is 15.8. The zero-order chi connectivity index (χ0) is 16.8. The summed E-state index contributed by atoms with van der Waals surface area (Å²) in [6, 6.07) is 5.84. The van der Waals surface area contributed by atoms with Gasteiger partial charge >= 0.3 is 12.1 Å². The molecule has 1 fully saturated rings. The van der Waals surface area contributed by atoms with Crippen LogP contribution in [0.2, 0.25) is 0 Å². The topological polar surface area (TPSA) is 64.6 Å². The minimum absolute atomic E-state index is 0.0148. The Morgan fingerprint density at radius 3 is 2.70 bits per heavy atom. The van der Waals surface area contributed by atoms with E-state index in [9.17, 15) is 9.59 Å². The monoisotopic (exact) mass is 317 g/mol. The highest BCUT2D eigenvalue weighted by Crippen LogP contribution is 2.56. The maximum Gasteiger partial charge on any atom is 0.407 e. The zero-order valence-electron chi connectivity index (χ0n) is 14.1. The third-order valence-corrected chi connectivity index (χ3v) is 4.67. The average Bonchev–Trinajstić information content (AvgIpc) is 3.01. The molecule has 1 spiro atoms. The zero-order valence-corrected chi connectivity index (χ0v) is 14.1. The highest BCUT2D eigenvalue weighted by Gasteiger charge is 2.59. The van der Waals surface area contributed by atoms with Crippen LogP contribution < -0.4 is 5.32 Å². The Kier molecular flexibility index (Phi) is 3.62. The largest absolute Gasteiger partial charge is 0.465 e. The Morgan fingerprint density at radius 2 is 2.04 bits per heavy atom. The first-order valence-electron chi connectivity index (χ1n) is 7.96. The van der Waals surface area contributed by atoms with Crippen molar-refractivity contribution in [1.29, 1.82) is 0 Å². The van der Waals surface area contributed by atoms with Crippen LogP contribution in [-0.4, -0.2) is 30.8 Å². The van der Waals surface area contributed by atoms with Crippen molar-refractivity contribution >= 4 is 12.1 Å². The third-order valence-electron chi connectivity index (χ3n) is 4.67. The van der Waals surface area contributed by atoms with Crippen LogP contribution in [0.1, 0.15) is 55.1 Å². The number of benzene rings is 1. The van der Waals surface area contributed by atoms with Crippen molar-refractivity contribution in [2.75, 3.05) is 7.11 Å². The predicted molar refractivity (Wildman–Crippen MR) is 85.6 cm³/mol. The summed E-state index contributed by atoms with van der Waals surface area (Å²) in [6.45, 7) is 5.57. The second-order valence-electron chi connectivity index (χ2n) is 7.42. The lowest BCUT2D eigenvalue weighted by atomic mass is 9.96. The van der Waals surface area contributed by atoms with Gasteiger partial charge in [-0.25, -0.2) is 9.59 Å². The maximum atomic E-state index is 11.9. The van der Waals surface area contributed by atoms with Gasteiger partial charge in [0.15, 0.2) is 0 Å². The number of carbonyl (C=O) groups is 2. The van der Waals surface area contributed by atoms with Crippen molar-refractivity contribution < 1.29 is 19.1 Å². The Morgan fingerprint density at radius 1 is 1.30 bits per heavy atom. The number of methoxy groups -OCH3 is 1. The van der Waals surface area contributed by atoms with Gasteiger partial charge in [-0.1, -0.05) is 6.07 Å². The molecule has 5 heteroatoms.